The molecule has 0 aliphatic carbocycles. The fraction of sp³-hybridized carbons (Fsp3) is 0.364. The van der Waals surface area contributed by atoms with E-state index >= 15 is 0 Å². The number of likely N-dealkylation sites (N-methyl/N-ethyl adjacent to an activating group) is 1. The van der Waals surface area contributed by atoms with E-state index in [0.29, 0.717) is 29.9 Å². The molecule has 1 aromatic carbocycles. The number of hydrogen-bond acceptors (Lipinski definition) is 5. The molecule has 2 aromatic heterocycles. The number of nitrogens with zero attached hydrogens (tertiary/aromatic N) is 5. The lowest BCUT2D eigenvalue weighted by Crippen LogP contribution is -2.48. The lowest BCUT2D eigenvalue weighted by molar-refractivity contribution is -0.129. The average Bonchev–Trinajstić information content (AvgIpc) is 3.12. The topological polar surface area (TPSA) is 83.4 Å². The van der Waals surface area contributed by atoms with Gasteiger partial charge in [0.2, 0.25) is 5.91 Å². The van der Waals surface area contributed by atoms with Gasteiger partial charge < -0.3 is 19.7 Å². The Bertz CT molecular complexity index is 1230. The van der Waals surface area contributed by atoms with Crippen LogP contribution in [-0.2, 0) is 11.8 Å². The van der Waals surface area contributed by atoms with E-state index in [0.717, 1.165) is 6.07 Å². The predicted octanol–water partition coefficient (Wildman–Crippen LogP) is 2.81. The third-order valence-electron chi connectivity index (χ3n) is 5.90. The minimum Gasteiger partial charge on any atom is -0.345 e. The minimum absolute atomic E-state index is 0.0312. The number of piperazine rings is 1. The quantitative estimate of drug-likeness (QED) is 0.633. The molecule has 33 heavy (non-hydrogen) atoms. The fourth-order valence-electron chi connectivity index (χ4n) is 3.95. The minimum atomic E-state index is -2.95. The van der Waals surface area contributed by atoms with Gasteiger partial charge in [-0.25, -0.2) is 23.1 Å². The normalized spacial score (nSPS) is 15.4. The molecule has 0 unspecified atom stereocenters. The number of hydrogen-bond donors (Lipinski definition) is 1. The molecule has 1 aliphatic rings. The maximum atomic E-state index is 14.5. The van der Waals surface area contributed by atoms with E-state index in [1.165, 1.54) is 25.4 Å². The maximum Gasteiger partial charge on any atom is 0.268 e. The van der Waals surface area contributed by atoms with Gasteiger partial charge in [-0.05, 0) is 13.0 Å². The summed E-state index contributed by atoms with van der Waals surface area (Å²) in [6.07, 6.45) is -1.58. The monoisotopic (exact) mass is 460 g/mol. The van der Waals surface area contributed by atoms with Crippen molar-refractivity contribution in [3.63, 3.8) is 0 Å². The van der Waals surface area contributed by atoms with Crippen molar-refractivity contribution in [3.8, 4) is 0 Å². The Labute approximate surface area is 188 Å². The number of anilines is 1. The van der Waals surface area contributed by atoms with Gasteiger partial charge >= 0.3 is 0 Å². The molecule has 0 bridgehead atoms. The lowest BCUT2D eigenvalue weighted by Gasteiger charge is -2.32. The Kier molecular flexibility index (Phi) is 5.96. The van der Waals surface area contributed by atoms with Gasteiger partial charge in [0.1, 0.15) is 29.3 Å². The Morgan fingerprint density at radius 1 is 1.15 bits per heavy atom. The van der Waals surface area contributed by atoms with E-state index in [2.05, 4.69) is 15.3 Å². The van der Waals surface area contributed by atoms with Gasteiger partial charge in [0.15, 0.2) is 0 Å². The molecule has 174 valence electrons. The van der Waals surface area contributed by atoms with Crippen LogP contribution in [0, 0.1) is 5.82 Å². The highest BCUT2D eigenvalue weighted by Crippen LogP contribution is 2.29. The average molecular weight is 460 g/mol. The standard InChI is InChI=1S/C22H23F3N6O2/c1-12(13-5-4-6-14(18(13)23)19(24)25)28-22(33)16-9-15-20(30(16)3)26-11-27-21(15)31-8-7-29(2)17(32)10-31/h4-6,9,11-12,19H,7-8,10H2,1-3H3,(H,28,33)/t12-/m1/s1. The number of nitrogens with one attached hydrogen (secondary N) is 1. The second-order valence-electron chi connectivity index (χ2n) is 8.01. The van der Waals surface area contributed by atoms with Crippen LogP contribution in [0.5, 0.6) is 0 Å². The van der Waals surface area contributed by atoms with Crippen molar-refractivity contribution >= 4 is 28.7 Å². The molecular weight excluding hydrogens is 437 g/mol. The van der Waals surface area contributed by atoms with E-state index in [9.17, 15) is 22.8 Å². The number of halogens is 3. The summed E-state index contributed by atoms with van der Waals surface area (Å²) in [5, 5.41) is 3.26. The molecule has 3 heterocycles. The molecule has 0 spiro atoms. The van der Waals surface area contributed by atoms with Crippen molar-refractivity contribution < 1.29 is 22.8 Å². The predicted molar refractivity (Wildman–Crippen MR) is 116 cm³/mol. The first-order chi connectivity index (χ1) is 15.7. The van der Waals surface area contributed by atoms with Crippen LogP contribution in [0.2, 0.25) is 0 Å². The summed E-state index contributed by atoms with van der Waals surface area (Å²) in [6, 6.07) is 4.47. The maximum absolute atomic E-state index is 14.5. The zero-order chi connectivity index (χ0) is 23.9. The van der Waals surface area contributed by atoms with E-state index in [1.807, 2.05) is 4.90 Å². The van der Waals surface area contributed by atoms with Crippen molar-refractivity contribution in [3.05, 3.63) is 53.2 Å². The number of carbonyl (C=O) groups excluding carboxylic acids is 2. The van der Waals surface area contributed by atoms with E-state index in [1.54, 1.807) is 29.6 Å². The zero-order valence-electron chi connectivity index (χ0n) is 18.3. The van der Waals surface area contributed by atoms with E-state index in [-0.39, 0.29) is 23.7 Å². The number of alkyl halides is 2. The number of carbonyl (C=O) groups is 2. The highest BCUT2D eigenvalue weighted by molar-refractivity contribution is 6.01. The summed E-state index contributed by atoms with van der Waals surface area (Å²) in [6.45, 7) is 2.82. The van der Waals surface area contributed by atoms with Crippen LogP contribution < -0.4 is 10.2 Å². The molecule has 2 amide bonds. The van der Waals surface area contributed by atoms with Gasteiger partial charge in [-0.3, -0.25) is 9.59 Å². The molecule has 11 heteroatoms. The SMILES string of the molecule is C[C@@H](NC(=O)c1cc2c(N3CCN(C)C(=O)C3)ncnc2n1C)c1cccc(C(F)F)c1F. The van der Waals surface area contributed by atoms with Gasteiger partial charge in [0, 0.05) is 32.7 Å². The van der Waals surface area contributed by atoms with Crippen molar-refractivity contribution in [1.82, 2.24) is 24.8 Å². The molecule has 1 fully saturated rings. The molecule has 0 saturated carbocycles. The lowest BCUT2D eigenvalue weighted by atomic mass is 10.0. The van der Waals surface area contributed by atoms with Crippen LogP contribution in [0.1, 0.15) is 41.0 Å². The number of amides is 2. The summed E-state index contributed by atoms with van der Waals surface area (Å²) >= 11 is 0. The van der Waals surface area contributed by atoms with E-state index in [4.69, 9.17) is 0 Å². The van der Waals surface area contributed by atoms with Gasteiger partial charge in [-0.15, -0.1) is 0 Å². The second kappa shape index (κ2) is 8.72. The first-order valence-corrected chi connectivity index (χ1v) is 10.4. The Balaban J connectivity index is 1.63. The van der Waals surface area contributed by atoms with Gasteiger partial charge in [-0.2, -0.15) is 0 Å². The second-order valence-corrected chi connectivity index (χ2v) is 8.01. The van der Waals surface area contributed by atoms with Crippen molar-refractivity contribution in [2.24, 2.45) is 7.05 Å². The molecule has 3 aromatic rings. The fourth-order valence-corrected chi connectivity index (χ4v) is 3.95. The van der Waals surface area contributed by atoms with Crippen molar-refractivity contribution in [1.29, 1.82) is 0 Å². The van der Waals surface area contributed by atoms with Crippen molar-refractivity contribution in [2.45, 2.75) is 19.4 Å². The summed E-state index contributed by atoms with van der Waals surface area (Å²) in [4.78, 5) is 37.2. The molecule has 1 atom stereocenters. The molecule has 4 rings (SSSR count). The number of rotatable bonds is 5. The highest BCUT2D eigenvalue weighted by atomic mass is 19.3. The molecule has 1 aliphatic heterocycles. The van der Waals surface area contributed by atoms with Gasteiger partial charge in [0.05, 0.1) is 23.5 Å². The third-order valence-corrected chi connectivity index (χ3v) is 5.90. The largest absolute Gasteiger partial charge is 0.345 e. The molecular formula is C22H23F3N6O2. The summed E-state index contributed by atoms with van der Waals surface area (Å²) in [5.41, 5.74) is -0.00396. The van der Waals surface area contributed by atoms with Crippen LogP contribution in [0.4, 0.5) is 19.0 Å². The van der Waals surface area contributed by atoms with Crippen LogP contribution in [0.3, 0.4) is 0 Å². The van der Waals surface area contributed by atoms with Crippen LogP contribution >= 0.6 is 0 Å². The summed E-state index contributed by atoms with van der Waals surface area (Å²) in [7, 11) is 3.40. The third kappa shape index (κ3) is 4.10. The smallest absolute Gasteiger partial charge is 0.268 e. The summed E-state index contributed by atoms with van der Waals surface area (Å²) in [5.74, 6) is -1.06. The van der Waals surface area contributed by atoms with Gasteiger partial charge in [-0.1, -0.05) is 18.2 Å². The first kappa shape index (κ1) is 22.6. The first-order valence-electron chi connectivity index (χ1n) is 10.4. The van der Waals surface area contributed by atoms with Crippen LogP contribution in [0.15, 0.2) is 30.6 Å². The Morgan fingerprint density at radius 3 is 2.58 bits per heavy atom. The number of aromatic nitrogens is 3. The Morgan fingerprint density at radius 2 is 1.88 bits per heavy atom. The highest BCUT2D eigenvalue weighted by Gasteiger charge is 2.26. The number of fused-ring (bicyclic) bond motifs is 1. The molecule has 0 radical (unpaired) electrons. The van der Waals surface area contributed by atoms with Crippen LogP contribution in [-0.4, -0.2) is 57.9 Å². The number of benzene rings is 1. The van der Waals surface area contributed by atoms with E-state index < -0.39 is 29.8 Å². The molecule has 1 saturated heterocycles. The zero-order valence-corrected chi connectivity index (χ0v) is 18.3. The van der Waals surface area contributed by atoms with Gasteiger partial charge in [0.25, 0.3) is 12.3 Å². The molecule has 8 nitrogen and oxygen atoms in total. The summed E-state index contributed by atoms with van der Waals surface area (Å²) < 4.78 is 42.1. The Hall–Kier alpha value is -3.63. The van der Waals surface area contributed by atoms with Crippen LogP contribution in [0.25, 0.3) is 11.0 Å². The number of aryl methyl sites for hydroxylation is 1. The van der Waals surface area contributed by atoms with Crippen molar-refractivity contribution in [2.75, 3.05) is 31.6 Å². The molecule has 1 N–H and O–H groups in total.